The highest BCUT2D eigenvalue weighted by Crippen LogP contribution is 2.11. The van der Waals surface area contributed by atoms with Gasteiger partial charge in [-0.25, -0.2) is 0 Å². The number of hydrogen-bond acceptors (Lipinski definition) is 2. The Labute approximate surface area is 55.3 Å². The third-order valence-electron chi connectivity index (χ3n) is 1.20. The van der Waals surface area contributed by atoms with Crippen LogP contribution in [-0.2, 0) is 4.79 Å². The van der Waals surface area contributed by atoms with E-state index < -0.39 is 0 Å². The Kier molecular flexibility index (Phi) is 2.85. The van der Waals surface area contributed by atoms with Crippen molar-refractivity contribution in [2.24, 2.45) is 4.99 Å². The maximum Gasteiger partial charge on any atom is 0.148 e. The number of carbonyl (C=O) groups is 1. The Morgan fingerprint density at radius 3 is 2.67 bits per heavy atom. The van der Waals surface area contributed by atoms with Crippen molar-refractivity contribution in [3.05, 3.63) is 11.3 Å². The van der Waals surface area contributed by atoms with Gasteiger partial charge in [-0.2, -0.15) is 0 Å². The highest BCUT2D eigenvalue weighted by molar-refractivity contribution is 5.84. The summed E-state index contributed by atoms with van der Waals surface area (Å²) in [4.78, 5) is 14.0. The maximum atomic E-state index is 10.1. The van der Waals surface area contributed by atoms with Crippen LogP contribution in [0.3, 0.4) is 0 Å². The molecule has 0 fully saturated rings. The van der Waals surface area contributed by atoms with Gasteiger partial charge in [0.25, 0.3) is 0 Å². The number of rotatable bonds is 1. The molecule has 2 heteroatoms. The Balaban J connectivity index is 0.000000640. The summed E-state index contributed by atoms with van der Waals surface area (Å²) in [6.45, 7) is 1.84. The molecule has 1 aliphatic rings. The molecule has 1 aliphatic heterocycles. The zero-order valence-corrected chi connectivity index (χ0v) is 4.72. The van der Waals surface area contributed by atoms with Gasteiger partial charge in [-0.3, -0.25) is 9.79 Å². The molecule has 9 heavy (non-hydrogen) atoms. The first kappa shape index (κ1) is 8.08. The molecule has 0 radical (unpaired) electrons. The molecule has 1 heterocycles. The van der Waals surface area contributed by atoms with Crippen molar-refractivity contribution in [2.45, 2.75) is 20.8 Å². The molecule has 0 atom stereocenters. The van der Waals surface area contributed by atoms with Gasteiger partial charge in [0.15, 0.2) is 0 Å². The summed E-state index contributed by atoms with van der Waals surface area (Å²) in [5, 5.41) is 0. The first-order chi connectivity index (χ1) is 3.84. The molecule has 0 saturated heterocycles. The van der Waals surface area contributed by atoms with E-state index in [1.54, 1.807) is 6.21 Å². The average Bonchev–Trinajstić information content (AvgIpc) is 2.14. The van der Waals surface area contributed by atoms with Crippen LogP contribution in [0.1, 0.15) is 20.8 Å². The second kappa shape index (κ2) is 3.17. The standard InChI is InChI=1S/C6H7NO.CH4/c1-5-6(4-8)2-3-7-5;/h3-4H,2H2,1H3;1H4. The van der Waals surface area contributed by atoms with Crippen molar-refractivity contribution >= 4 is 12.5 Å². The van der Waals surface area contributed by atoms with Crippen molar-refractivity contribution in [3.8, 4) is 0 Å². The SMILES string of the molecule is C.CC1=C(C=O)CC=N1. The fourth-order valence-corrected chi connectivity index (χ4v) is 0.645. The zero-order valence-electron chi connectivity index (χ0n) is 4.72. The van der Waals surface area contributed by atoms with E-state index in [-0.39, 0.29) is 7.43 Å². The smallest absolute Gasteiger partial charge is 0.148 e. The van der Waals surface area contributed by atoms with Gasteiger partial charge in [0.05, 0.1) is 0 Å². The van der Waals surface area contributed by atoms with Gasteiger partial charge in [-0.15, -0.1) is 0 Å². The molecule has 0 spiro atoms. The van der Waals surface area contributed by atoms with Crippen molar-refractivity contribution in [3.63, 3.8) is 0 Å². The van der Waals surface area contributed by atoms with Crippen LogP contribution in [0.2, 0.25) is 0 Å². The third-order valence-corrected chi connectivity index (χ3v) is 1.20. The van der Waals surface area contributed by atoms with Crippen molar-refractivity contribution < 1.29 is 4.79 Å². The predicted molar refractivity (Wildman–Crippen MR) is 38.6 cm³/mol. The van der Waals surface area contributed by atoms with Gasteiger partial charge < -0.3 is 0 Å². The summed E-state index contributed by atoms with van der Waals surface area (Å²) in [6, 6.07) is 0. The van der Waals surface area contributed by atoms with Crippen LogP contribution in [0.15, 0.2) is 16.3 Å². The average molecular weight is 125 g/mol. The van der Waals surface area contributed by atoms with Gasteiger partial charge in [0, 0.05) is 23.9 Å². The molecule has 0 aromatic carbocycles. The molecule has 0 aromatic heterocycles. The largest absolute Gasteiger partial charge is 0.298 e. The van der Waals surface area contributed by atoms with Gasteiger partial charge in [0.1, 0.15) is 6.29 Å². The highest BCUT2D eigenvalue weighted by atomic mass is 16.1. The summed E-state index contributed by atoms with van der Waals surface area (Å²) >= 11 is 0. The molecule has 0 N–H and O–H groups in total. The number of allylic oxidation sites excluding steroid dienone is 2. The van der Waals surface area contributed by atoms with E-state index in [0.717, 1.165) is 24.0 Å². The van der Waals surface area contributed by atoms with E-state index in [9.17, 15) is 4.79 Å². The molecule has 0 aliphatic carbocycles. The predicted octanol–water partition coefficient (Wildman–Crippen LogP) is 1.57. The monoisotopic (exact) mass is 125 g/mol. The fourth-order valence-electron chi connectivity index (χ4n) is 0.645. The Morgan fingerprint density at radius 1 is 1.78 bits per heavy atom. The topological polar surface area (TPSA) is 29.4 Å². The number of nitrogens with zero attached hydrogens (tertiary/aromatic N) is 1. The lowest BCUT2D eigenvalue weighted by molar-refractivity contribution is -0.104. The molecule has 1 rings (SSSR count). The molecule has 2 nitrogen and oxygen atoms in total. The van der Waals surface area contributed by atoms with Crippen molar-refractivity contribution in [1.29, 1.82) is 0 Å². The van der Waals surface area contributed by atoms with Crippen LogP contribution >= 0.6 is 0 Å². The van der Waals surface area contributed by atoms with E-state index in [1.165, 1.54) is 0 Å². The lowest BCUT2D eigenvalue weighted by atomic mass is 10.2. The van der Waals surface area contributed by atoms with Gasteiger partial charge in [0.2, 0.25) is 0 Å². The van der Waals surface area contributed by atoms with Crippen LogP contribution in [0.25, 0.3) is 0 Å². The summed E-state index contributed by atoms with van der Waals surface area (Å²) < 4.78 is 0. The van der Waals surface area contributed by atoms with Crippen LogP contribution < -0.4 is 0 Å². The highest BCUT2D eigenvalue weighted by Gasteiger charge is 2.02. The lowest BCUT2D eigenvalue weighted by Crippen LogP contribution is -1.80. The quantitative estimate of drug-likeness (QED) is 0.489. The molecule has 0 aromatic rings. The van der Waals surface area contributed by atoms with E-state index in [0.29, 0.717) is 0 Å². The van der Waals surface area contributed by atoms with E-state index in [1.807, 2.05) is 6.92 Å². The first-order valence-electron chi connectivity index (χ1n) is 2.52. The molecule has 0 saturated carbocycles. The summed E-state index contributed by atoms with van der Waals surface area (Å²) in [5.74, 6) is 0. The number of aliphatic imine (C=N–C) groups is 1. The van der Waals surface area contributed by atoms with Crippen LogP contribution in [0.5, 0.6) is 0 Å². The number of hydrogen-bond donors (Lipinski definition) is 0. The fraction of sp³-hybridized carbons (Fsp3) is 0.429. The molecular formula is C7H11NO. The second-order valence-corrected chi connectivity index (χ2v) is 1.74. The Hall–Kier alpha value is -0.920. The van der Waals surface area contributed by atoms with Crippen molar-refractivity contribution in [1.82, 2.24) is 0 Å². The van der Waals surface area contributed by atoms with Gasteiger partial charge in [-0.05, 0) is 6.92 Å². The molecule has 0 unspecified atom stereocenters. The van der Waals surface area contributed by atoms with E-state index in [2.05, 4.69) is 4.99 Å². The maximum absolute atomic E-state index is 10.1. The molecule has 50 valence electrons. The lowest BCUT2D eigenvalue weighted by Gasteiger charge is -1.84. The zero-order chi connectivity index (χ0) is 5.98. The summed E-state index contributed by atoms with van der Waals surface area (Å²) in [6.07, 6.45) is 3.33. The normalized spacial score (nSPS) is 15.7. The van der Waals surface area contributed by atoms with Crippen molar-refractivity contribution in [2.75, 3.05) is 0 Å². The van der Waals surface area contributed by atoms with E-state index in [4.69, 9.17) is 0 Å². The number of carbonyl (C=O) groups excluding carboxylic acids is 1. The molecular weight excluding hydrogens is 114 g/mol. The van der Waals surface area contributed by atoms with Crippen LogP contribution in [-0.4, -0.2) is 12.5 Å². The minimum absolute atomic E-state index is 0. The summed E-state index contributed by atoms with van der Waals surface area (Å²) in [7, 11) is 0. The van der Waals surface area contributed by atoms with Crippen LogP contribution in [0.4, 0.5) is 0 Å². The first-order valence-corrected chi connectivity index (χ1v) is 2.52. The summed E-state index contributed by atoms with van der Waals surface area (Å²) in [5.41, 5.74) is 1.67. The van der Waals surface area contributed by atoms with Crippen LogP contribution in [0, 0.1) is 0 Å². The third kappa shape index (κ3) is 1.49. The number of aldehydes is 1. The van der Waals surface area contributed by atoms with Gasteiger partial charge in [-0.1, -0.05) is 7.43 Å². The molecule has 0 bridgehead atoms. The second-order valence-electron chi connectivity index (χ2n) is 1.74. The Morgan fingerprint density at radius 2 is 2.44 bits per heavy atom. The van der Waals surface area contributed by atoms with Gasteiger partial charge >= 0.3 is 0 Å². The van der Waals surface area contributed by atoms with E-state index >= 15 is 0 Å². The minimum Gasteiger partial charge on any atom is -0.298 e. The molecule has 0 amide bonds. The minimum atomic E-state index is 0. The Bertz CT molecular complexity index is 168.